The molecular formula is C15H9BrF2N2O3. The first-order valence-corrected chi connectivity index (χ1v) is 7.04. The number of rotatable bonds is 4. The summed E-state index contributed by atoms with van der Waals surface area (Å²) in [7, 11) is 0. The van der Waals surface area contributed by atoms with Crippen molar-refractivity contribution in [3.63, 3.8) is 0 Å². The molecule has 23 heavy (non-hydrogen) atoms. The summed E-state index contributed by atoms with van der Waals surface area (Å²) in [6.45, 7) is 0. The Hall–Kier alpha value is -2.61. The molecule has 1 amide bonds. The van der Waals surface area contributed by atoms with Gasteiger partial charge in [-0.25, -0.2) is 8.78 Å². The third-order valence-corrected chi connectivity index (χ3v) is 3.28. The van der Waals surface area contributed by atoms with Crippen LogP contribution in [0.5, 0.6) is 0 Å². The molecule has 0 saturated carbocycles. The molecule has 8 heteroatoms. The highest BCUT2D eigenvalue weighted by atomic mass is 79.9. The molecule has 1 N–H and O–H groups in total. The number of hydrogen-bond acceptors (Lipinski definition) is 3. The molecule has 0 heterocycles. The molecule has 0 aliphatic heterocycles. The molecule has 0 radical (unpaired) electrons. The Kier molecular flexibility index (Phi) is 5.17. The molecule has 2 rings (SSSR count). The maximum Gasteiger partial charge on any atom is 0.271 e. The number of nitro benzene ring substituents is 1. The lowest BCUT2D eigenvalue weighted by Crippen LogP contribution is -2.09. The van der Waals surface area contributed by atoms with Gasteiger partial charge in [0.25, 0.3) is 5.69 Å². The molecule has 2 aromatic carbocycles. The van der Waals surface area contributed by atoms with E-state index in [4.69, 9.17) is 0 Å². The fourth-order valence-corrected chi connectivity index (χ4v) is 2.08. The lowest BCUT2D eigenvalue weighted by molar-refractivity contribution is -0.384. The minimum absolute atomic E-state index is 0.161. The van der Waals surface area contributed by atoms with Crippen LogP contribution in [0.25, 0.3) is 6.08 Å². The topological polar surface area (TPSA) is 72.2 Å². The zero-order chi connectivity index (χ0) is 17.0. The first-order valence-electron chi connectivity index (χ1n) is 6.25. The number of carbonyl (C=O) groups excluding carboxylic acids is 1. The Morgan fingerprint density at radius 2 is 1.87 bits per heavy atom. The molecule has 0 aliphatic rings. The summed E-state index contributed by atoms with van der Waals surface area (Å²) in [5.41, 5.74) is -0.527. The van der Waals surface area contributed by atoms with Gasteiger partial charge in [-0.2, -0.15) is 0 Å². The number of nitrogens with zero attached hydrogens (tertiary/aromatic N) is 1. The summed E-state index contributed by atoms with van der Waals surface area (Å²) in [6.07, 6.45) is 2.22. The quantitative estimate of drug-likeness (QED) is 0.487. The van der Waals surface area contributed by atoms with Gasteiger partial charge < -0.3 is 5.32 Å². The highest BCUT2D eigenvalue weighted by molar-refractivity contribution is 9.10. The van der Waals surface area contributed by atoms with Crippen molar-refractivity contribution in [1.29, 1.82) is 0 Å². The van der Waals surface area contributed by atoms with Crippen molar-refractivity contribution in [2.24, 2.45) is 0 Å². The van der Waals surface area contributed by atoms with Gasteiger partial charge in [-0.1, -0.05) is 15.9 Å². The van der Waals surface area contributed by atoms with Gasteiger partial charge in [0.15, 0.2) is 0 Å². The Morgan fingerprint density at radius 3 is 2.57 bits per heavy atom. The Morgan fingerprint density at radius 1 is 1.17 bits per heavy atom. The van der Waals surface area contributed by atoms with Crippen molar-refractivity contribution in [1.82, 2.24) is 0 Å². The van der Waals surface area contributed by atoms with Crippen LogP contribution < -0.4 is 5.32 Å². The molecule has 5 nitrogen and oxygen atoms in total. The van der Waals surface area contributed by atoms with E-state index in [0.29, 0.717) is 4.47 Å². The molecule has 0 unspecified atom stereocenters. The Labute approximate surface area is 137 Å². The predicted octanol–water partition coefficient (Wildman–Crippen LogP) is 4.29. The van der Waals surface area contributed by atoms with Crippen molar-refractivity contribution >= 4 is 39.3 Å². The van der Waals surface area contributed by atoms with Gasteiger partial charge in [0.1, 0.15) is 11.6 Å². The normalized spacial score (nSPS) is 10.7. The van der Waals surface area contributed by atoms with Crippen LogP contribution >= 0.6 is 15.9 Å². The lowest BCUT2D eigenvalue weighted by Gasteiger charge is -2.04. The summed E-state index contributed by atoms with van der Waals surface area (Å²) in [5, 5.41) is 12.8. The SMILES string of the molecule is O=C(C=Cc1cc(Br)ccc1F)Nc1cc([N+](=O)[O-])ccc1F. The van der Waals surface area contributed by atoms with Gasteiger partial charge in [-0.3, -0.25) is 14.9 Å². The van der Waals surface area contributed by atoms with Crippen LogP contribution in [0.1, 0.15) is 5.56 Å². The second-order valence-electron chi connectivity index (χ2n) is 4.41. The van der Waals surface area contributed by atoms with E-state index < -0.39 is 22.5 Å². The average Bonchev–Trinajstić information content (AvgIpc) is 2.50. The second-order valence-corrected chi connectivity index (χ2v) is 5.33. The molecule has 2 aromatic rings. The van der Waals surface area contributed by atoms with Crippen molar-refractivity contribution in [2.75, 3.05) is 5.32 Å². The second kappa shape index (κ2) is 7.10. The van der Waals surface area contributed by atoms with Gasteiger partial charge in [-0.15, -0.1) is 0 Å². The maximum atomic E-state index is 13.5. The number of anilines is 1. The maximum absolute atomic E-state index is 13.5. The fraction of sp³-hybridized carbons (Fsp3) is 0. The number of non-ortho nitro benzene ring substituents is 1. The van der Waals surface area contributed by atoms with E-state index in [9.17, 15) is 23.7 Å². The summed E-state index contributed by atoms with van der Waals surface area (Å²) >= 11 is 3.17. The number of halogens is 3. The largest absolute Gasteiger partial charge is 0.320 e. The monoisotopic (exact) mass is 382 g/mol. The summed E-state index contributed by atoms with van der Waals surface area (Å²) < 4.78 is 27.7. The number of amides is 1. The molecule has 0 saturated heterocycles. The van der Waals surface area contributed by atoms with E-state index in [1.165, 1.54) is 24.3 Å². The lowest BCUT2D eigenvalue weighted by atomic mass is 10.2. The molecule has 0 fully saturated rings. The van der Waals surface area contributed by atoms with Crippen LogP contribution in [-0.2, 0) is 4.79 Å². The highest BCUT2D eigenvalue weighted by Gasteiger charge is 2.12. The minimum Gasteiger partial charge on any atom is -0.320 e. The van der Waals surface area contributed by atoms with E-state index in [1.54, 1.807) is 0 Å². The molecule has 118 valence electrons. The van der Waals surface area contributed by atoms with Crippen molar-refractivity contribution in [3.8, 4) is 0 Å². The first kappa shape index (κ1) is 16.8. The molecule has 0 aromatic heterocycles. The van der Waals surface area contributed by atoms with Gasteiger partial charge >= 0.3 is 0 Å². The van der Waals surface area contributed by atoms with Crippen LogP contribution in [0.3, 0.4) is 0 Å². The number of carbonyl (C=O) groups is 1. The zero-order valence-electron chi connectivity index (χ0n) is 11.4. The van der Waals surface area contributed by atoms with Gasteiger partial charge in [0.2, 0.25) is 5.91 Å². The smallest absolute Gasteiger partial charge is 0.271 e. The average molecular weight is 383 g/mol. The standard InChI is InChI=1S/C15H9BrF2N2O3/c16-10-2-4-12(17)9(7-10)1-6-15(21)19-14-8-11(20(22)23)3-5-13(14)18/h1-8H,(H,19,21). The summed E-state index contributed by atoms with van der Waals surface area (Å²) in [5.74, 6) is -2.09. The van der Waals surface area contributed by atoms with Crippen LogP contribution in [0.2, 0.25) is 0 Å². The van der Waals surface area contributed by atoms with E-state index >= 15 is 0 Å². The third-order valence-electron chi connectivity index (χ3n) is 2.79. The fourth-order valence-electron chi connectivity index (χ4n) is 1.70. The van der Waals surface area contributed by atoms with Gasteiger partial charge in [0.05, 0.1) is 10.6 Å². The highest BCUT2D eigenvalue weighted by Crippen LogP contribution is 2.21. The molecule has 0 bridgehead atoms. The first-order chi connectivity index (χ1) is 10.9. The van der Waals surface area contributed by atoms with Crippen LogP contribution in [0.4, 0.5) is 20.2 Å². The summed E-state index contributed by atoms with van der Waals surface area (Å²) in [6, 6.07) is 6.96. The van der Waals surface area contributed by atoms with Crippen molar-refractivity contribution in [2.45, 2.75) is 0 Å². The van der Waals surface area contributed by atoms with E-state index in [0.717, 1.165) is 24.3 Å². The van der Waals surface area contributed by atoms with Crippen LogP contribution in [0.15, 0.2) is 46.9 Å². The van der Waals surface area contributed by atoms with E-state index in [-0.39, 0.29) is 16.9 Å². The summed E-state index contributed by atoms with van der Waals surface area (Å²) in [4.78, 5) is 21.7. The molecular weight excluding hydrogens is 374 g/mol. The van der Waals surface area contributed by atoms with Crippen molar-refractivity contribution < 1.29 is 18.5 Å². The number of benzene rings is 2. The minimum atomic E-state index is -0.814. The van der Waals surface area contributed by atoms with Crippen LogP contribution in [0, 0.1) is 21.7 Å². The van der Waals surface area contributed by atoms with Crippen molar-refractivity contribution in [3.05, 3.63) is 74.3 Å². The number of hydrogen-bond donors (Lipinski definition) is 1. The van der Waals surface area contributed by atoms with Crippen LogP contribution in [-0.4, -0.2) is 10.8 Å². The van der Waals surface area contributed by atoms with E-state index in [2.05, 4.69) is 21.2 Å². The number of nitro groups is 1. The molecule has 0 aliphatic carbocycles. The van der Waals surface area contributed by atoms with Gasteiger partial charge in [-0.05, 0) is 30.3 Å². The Balaban J connectivity index is 2.16. The third kappa shape index (κ3) is 4.43. The number of nitrogens with one attached hydrogen (secondary N) is 1. The van der Waals surface area contributed by atoms with E-state index in [1.807, 2.05) is 0 Å². The molecule has 0 spiro atoms. The van der Waals surface area contributed by atoms with Gasteiger partial charge in [0, 0.05) is 28.2 Å². The predicted molar refractivity (Wildman–Crippen MR) is 84.8 cm³/mol. The zero-order valence-corrected chi connectivity index (χ0v) is 13.0. The Bertz CT molecular complexity index is 809. The molecule has 0 atom stereocenters.